The van der Waals surface area contributed by atoms with E-state index in [1.54, 1.807) is 12.3 Å². The highest BCUT2D eigenvalue weighted by atomic mass is 19.1. The summed E-state index contributed by atoms with van der Waals surface area (Å²) >= 11 is 0. The molecule has 0 radical (unpaired) electrons. The Balaban J connectivity index is 1.94. The average molecular weight is 266 g/mol. The van der Waals surface area contributed by atoms with Crippen molar-refractivity contribution in [1.29, 1.82) is 0 Å². The number of rotatable bonds is 5. The van der Waals surface area contributed by atoms with Crippen molar-refractivity contribution in [3.8, 4) is 0 Å². The van der Waals surface area contributed by atoms with Gasteiger partial charge in [0.2, 0.25) is 0 Å². The molecule has 1 saturated carbocycles. The van der Waals surface area contributed by atoms with Gasteiger partial charge in [-0.15, -0.1) is 0 Å². The Bertz CT molecular complexity index is 463. The number of hydrogen-bond acceptors (Lipinski definition) is 3. The molecule has 1 aromatic rings. The standard InChI is InChI=1S/C13H19FN4O/c14-7-10(8-15)9-18-6-5-12(17-18)13(19)16-11-3-1-2-4-11/h5-7,11H,1-4,8-9,15H2,(H,16,19)/b10-7+. The minimum Gasteiger partial charge on any atom is -0.348 e. The fourth-order valence-corrected chi connectivity index (χ4v) is 2.25. The van der Waals surface area contributed by atoms with E-state index in [0.29, 0.717) is 17.6 Å². The number of nitrogens with two attached hydrogens (primary N) is 1. The van der Waals surface area contributed by atoms with Crippen LogP contribution in [0.25, 0.3) is 0 Å². The molecular weight excluding hydrogens is 247 g/mol. The molecule has 0 bridgehead atoms. The maximum absolute atomic E-state index is 12.4. The van der Waals surface area contributed by atoms with Crippen molar-refractivity contribution >= 4 is 5.91 Å². The van der Waals surface area contributed by atoms with Crippen LogP contribution in [0.2, 0.25) is 0 Å². The number of nitrogens with zero attached hydrogens (tertiary/aromatic N) is 2. The lowest BCUT2D eigenvalue weighted by atomic mass is 10.2. The largest absolute Gasteiger partial charge is 0.348 e. The van der Waals surface area contributed by atoms with Gasteiger partial charge in [0.1, 0.15) is 5.69 Å². The van der Waals surface area contributed by atoms with Crippen molar-refractivity contribution in [2.24, 2.45) is 5.73 Å². The van der Waals surface area contributed by atoms with Gasteiger partial charge in [-0.1, -0.05) is 12.8 Å². The van der Waals surface area contributed by atoms with Crippen LogP contribution in [0.5, 0.6) is 0 Å². The molecule has 1 aliphatic rings. The molecule has 0 aromatic carbocycles. The fraction of sp³-hybridized carbons (Fsp3) is 0.538. The van der Waals surface area contributed by atoms with Crippen molar-refractivity contribution in [2.45, 2.75) is 38.3 Å². The molecule has 19 heavy (non-hydrogen) atoms. The zero-order valence-electron chi connectivity index (χ0n) is 10.8. The lowest BCUT2D eigenvalue weighted by Crippen LogP contribution is -2.32. The van der Waals surface area contributed by atoms with Crippen LogP contribution in [-0.4, -0.2) is 28.3 Å². The first-order valence-corrected chi connectivity index (χ1v) is 6.55. The fourth-order valence-electron chi connectivity index (χ4n) is 2.25. The van der Waals surface area contributed by atoms with Crippen LogP contribution in [0.1, 0.15) is 36.2 Å². The van der Waals surface area contributed by atoms with Crippen LogP contribution in [0, 0.1) is 0 Å². The highest BCUT2D eigenvalue weighted by Gasteiger charge is 2.19. The average Bonchev–Trinajstić information content (AvgIpc) is 3.07. The number of hydrogen-bond donors (Lipinski definition) is 2. The summed E-state index contributed by atoms with van der Waals surface area (Å²) in [5.74, 6) is -0.163. The van der Waals surface area contributed by atoms with E-state index in [-0.39, 0.29) is 25.0 Å². The number of amides is 1. The molecule has 6 heteroatoms. The van der Waals surface area contributed by atoms with E-state index < -0.39 is 0 Å². The summed E-state index contributed by atoms with van der Waals surface area (Å²) in [6.45, 7) is 0.406. The van der Waals surface area contributed by atoms with Crippen molar-refractivity contribution < 1.29 is 9.18 Å². The first-order chi connectivity index (χ1) is 9.22. The number of halogens is 1. The number of carbonyl (C=O) groups excluding carboxylic acids is 1. The predicted octanol–water partition coefficient (Wildman–Crippen LogP) is 1.37. The second-order valence-electron chi connectivity index (χ2n) is 4.82. The Kier molecular flexibility index (Phi) is 4.68. The highest BCUT2D eigenvalue weighted by molar-refractivity contribution is 5.92. The maximum Gasteiger partial charge on any atom is 0.271 e. The van der Waals surface area contributed by atoms with Gasteiger partial charge in [0.15, 0.2) is 0 Å². The molecule has 0 unspecified atom stereocenters. The van der Waals surface area contributed by atoms with E-state index in [0.717, 1.165) is 12.8 Å². The molecule has 0 spiro atoms. The summed E-state index contributed by atoms with van der Waals surface area (Å²) in [4.78, 5) is 11.9. The normalized spacial score (nSPS) is 16.8. The summed E-state index contributed by atoms with van der Waals surface area (Å²) in [6, 6.07) is 1.90. The van der Waals surface area contributed by atoms with Crippen LogP contribution >= 0.6 is 0 Å². The SMILES string of the molecule is NC/C(=C\F)Cn1ccc(C(=O)NC2CCCC2)n1. The van der Waals surface area contributed by atoms with Gasteiger partial charge in [0, 0.05) is 18.8 Å². The zero-order chi connectivity index (χ0) is 13.7. The molecule has 0 saturated heterocycles. The third kappa shape index (κ3) is 3.64. The number of nitrogens with one attached hydrogen (secondary N) is 1. The van der Waals surface area contributed by atoms with Crippen LogP contribution in [0.4, 0.5) is 4.39 Å². The maximum atomic E-state index is 12.4. The molecule has 1 aromatic heterocycles. The van der Waals surface area contributed by atoms with Gasteiger partial charge < -0.3 is 11.1 Å². The van der Waals surface area contributed by atoms with Gasteiger partial charge in [-0.3, -0.25) is 9.48 Å². The number of carbonyl (C=O) groups is 1. The smallest absolute Gasteiger partial charge is 0.271 e. The van der Waals surface area contributed by atoms with Crippen molar-refractivity contribution in [1.82, 2.24) is 15.1 Å². The van der Waals surface area contributed by atoms with Crippen LogP contribution in [0.15, 0.2) is 24.2 Å². The summed E-state index contributed by atoms with van der Waals surface area (Å²) < 4.78 is 13.9. The Labute approximate surface area is 111 Å². The monoisotopic (exact) mass is 266 g/mol. The van der Waals surface area contributed by atoms with E-state index in [1.165, 1.54) is 17.5 Å². The van der Waals surface area contributed by atoms with Gasteiger partial charge in [-0.05, 0) is 24.5 Å². The Hall–Kier alpha value is -1.69. The van der Waals surface area contributed by atoms with E-state index in [9.17, 15) is 9.18 Å². The molecule has 104 valence electrons. The molecule has 5 nitrogen and oxygen atoms in total. The minimum atomic E-state index is -0.163. The molecule has 0 atom stereocenters. The third-order valence-electron chi connectivity index (χ3n) is 3.35. The summed E-state index contributed by atoms with van der Waals surface area (Å²) in [6.07, 6.45) is 6.55. The lowest BCUT2D eigenvalue weighted by Gasteiger charge is -2.10. The molecule has 0 aliphatic heterocycles. The van der Waals surface area contributed by atoms with Gasteiger partial charge in [-0.25, -0.2) is 4.39 Å². The molecule has 1 heterocycles. The van der Waals surface area contributed by atoms with E-state index >= 15 is 0 Å². The summed E-state index contributed by atoms with van der Waals surface area (Å²) in [7, 11) is 0. The van der Waals surface area contributed by atoms with Crippen molar-refractivity contribution in [3.63, 3.8) is 0 Å². The highest BCUT2D eigenvalue weighted by Crippen LogP contribution is 2.17. The van der Waals surface area contributed by atoms with Crippen molar-refractivity contribution in [2.75, 3.05) is 6.54 Å². The number of aromatic nitrogens is 2. The Morgan fingerprint density at radius 2 is 2.32 bits per heavy atom. The zero-order valence-corrected chi connectivity index (χ0v) is 10.8. The van der Waals surface area contributed by atoms with Crippen LogP contribution in [0.3, 0.4) is 0 Å². The lowest BCUT2D eigenvalue weighted by molar-refractivity contribution is 0.0932. The van der Waals surface area contributed by atoms with Gasteiger partial charge in [-0.2, -0.15) is 5.10 Å². The molecule has 1 amide bonds. The molecule has 1 aliphatic carbocycles. The van der Waals surface area contributed by atoms with E-state index in [4.69, 9.17) is 5.73 Å². The van der Waals surface area contributed by atoms with Gasteiger partial charge in [0.25, 0.3) is 5.91 Å². The molecule has 3 N–H and O–H groups in total. The van der Waals surface area contributed by atoms with E-state index in [2.05, 4.69) is 10.4 Å². The molecular formula is C13H19FN4O. The minimum absolute atomic E-state index is 0.139. The van der Waals surface area contributed by atoms with Gasteiger partial charge in [0.05, 0.1) is 12.9 Å². The second kappa shape index (κ2) is 6.47. The van der Waals surface area contributed by atoms with Crippen LogP contribution < -0.4 is 11.1 Å². The Morgan fingerprint density at radius 3 is 2.95 bits per heavy atom. The van der Waals surface area contributed by atoms with Crippen molar-refractivity contribution in [3.05, 3.63) is 29.9 Å². The van der Waals surface area contributed by atoms with E-state index in [1.807, 2.05) is 0 Å². The van der Waals surface area contributed by atoms with Gasteiger partial charge >= 0.3 is 0 Å². The summed E-state index contributed by atoms with van der Waals surface area (Å²) in [5, 5.41) is 7.09. The predicted molar refractivity (Wildman–Crippen MR) is 70.2 cm³/mol. The molecule has 1 fully saturated rings. The summed E-state index contributed by atoms with van der Waals surface area (Å²) in [5.41, 5.74) is 6.18. The first-order valence-electron chi connectivity index (χ1n) is 6.55. The Morgan fingerprint density at radius 1 is 1.58 bits per heavy atom. The topological polar surface area (TPSA) is 72.9 Å². The van der Waals surface area contributed by atoms with Crippen LogP contribution in [-0.2, 0) is 6.54 Å². The first kappa shape index (κ1) is 13.7. The second-order valence-corrected chi connectivity index (χ2v) is 4.82. The molecule has 2 rings (SSSR count). The quantitative estimate of drug-likeness (QED) is 0.845. The third-order valence-corrected chi connectivity index (χ3v) is 3.35.